The number of ether oxygens (including phenoxy) is 2. The summed E-state index contributed by atoms with van der Waals surface area (Å²) in [5.41, 5.74) is 2.59. The van der Waals surface area contributed by atoms with E-state index < -0.39 is 17.7 Å². The predicted octanol–water partition coefficient (Wildman–Crippen LogP) is 6.11. The Morgan fingerprint density at radius 3 is 2.27 bits per heavy atom. The number of Topliss-reactive ketones (excluding diaryl/α,β-unsaturated/α-hetero) is 1. The third-order valence-corrected chi connectivity index (χ3v) is 7.10. The summed E-state index contributed by atoms with van der Waals surface area (Å²) in [6.07, 6.45) is 0. The zero-order valence-electron chi connectivity index (χ0n) is 20.2. The third kappa shape index (κ3) is 4.99. The number of ketones is 1. The van der Waals surface area contributed by atoms with Gasteiger partial charge >= 0.3 is 0 Å². The first kappa shape index (κ1) is 24.3. The van der Waals surface area contributed by atoms with Crippen LogP contribution in [0.25, 0.3) is 0 Å². The van der Waals surface area contributed by atoms with Crippen LogP contribution in [0.5, 0.6) is 11.5 Å². The summed E-state index contributed by atoms with van der Waals surface area (Å²) in [7, 11) is 1.54. The molecule has 37 heavy (non-hydrogen) atoms. The summed E-state index contributed by atoms with van der Waals surface area (Å²) in [4.78, 5) is 28.7. The van der Waals surface area contributed by atoms with Gasteiger partial charge in [0.1, 0.15) is 6.61 Å². The van der Waals surface area contributed by atoms with Crippen LogP contribution < -0.4 is 9.47 Å². The molecule has 0 saturated carbocycles. The average molecular weight is 512 g/mol. The summed E-state index contributed by atoms with van der Waals surface area (Å²) in [5.74, 6) is -0.479. The van der Waals surface area contributed by atoms with E-state index in [0.29, 0.717) is 28.5 Å². The Bertz CT molecular complexity index is 1430. The minimum absolute atomic E-state index is 0.0587. The van der Waals surface area contributed by atoms with Crippen LogP contribution in [0.4, 0.5) is 0 Å². The van der Waals surface area contributed by atoms with Crippen molar-refractivity contribution in [3.05, 3.63) is 129 Å². The lowest BCUT2D eigenvalue weighted by molar-refractivity contribution is -0.130. The van der Waals surface area contributed by atoms with Crippen molar-refractivity contribution in [3.8, 4) is 11.5 Å². The molecule has 0 radical (unpaired) electrons. The smallest absolute Gasteiger partial charge is 0.290 e. The van der Waals surface area contributed by atoms with E-state index in [2.05, 4.69) is 0 Å². The number of thiophene rings is 1. The highest BCUT2D eigenvalue weighted by atomic mass is 32.1. The van der Waals surface area contributed by atoms with E-state index >= 15 is 0 Å². The number of nitrogens with zero attached hydrogens (tertiary/aromatic N) is 1. The molecule has 0 saturated heterocycles. The van der Waals surface area contributed by atoms with Crippen molar-refractivity contribution in [1.29, 1.82) is 0 Å². The summed E-state index contributed by atoms with van der Waals surface area (Å²) in [6.45, 7) is 0.589. The molecule has 3 aromatic carbocycles. The molecule has 1 aliphatic heterocycles. The number of carbonyl (C=O) groups is 2. The number of amides is 1. The van der Waals surface area contributed by atoms with Crippen LogP contribution in [0.1, 0.15) is 32.4 Å². The molecule has 1 amide bonds. The second-order valence-electron chi connectivity index (χ2n) is 8.57. The van der Waals surface area contributed by atoms with Gasteiger partial charge in [0.25, 0.3) is 5.91 Å². The zero-order chi connectivity index (χ0) is 25.8. The zero-order valence-corrected chi connectivity index (χ0v) is 21.0. The van der Waals surface area contributed by atoms with Gasteiger partial charge in [-0.05, 0) is 40.3 Å². The summed E-state index contributed by atoms with van der Waals surface area (Å²) < 4.78 is 11.6. The number of rotatable bonds is 9. The number of hydrogen-bond donors (Lipinski definition) is 1. The highest BCUT2D eigenvalue weighted by Crippen LogP contribution is 2.42. The van der Waals surface area contributed by atoms with E-state index in [-0.39, 0.29) is 17.9 Å². The highest BCUT2D eigenvalue weighted by Gasteiger charge is 2.44. The third-order valence-electron chi connectivity index (χ3n) is 6.23. The number of methoxy groups -OCH3 is 1. The fraction of sp³-hybridized carbons (Fsp3) is 0.133. The predicted molar refractivity (Wildman–Crippen MR) is 142 cm³/mol. The molecule has 0 bridgehead atoms. The van der Waals surface area contributed by atoms with Gasteiger partial charge in [0.2, 0.25) is 5.78 Å². The minimum atomic E-state index is -0.792. The molecule has 5 rings (SSSR count). The van der Waals surface area contributed by atoms with Crippen LogP contribution in [0.3, 0.4) is 0 Å². The number of aliphatic hydroxyl groups excluding tert-OH is 1. The van der Waals surface area contributed by atoms with Gasteiger partial charge in [-0.3, -0.25) is 9.59 Å². The molecule has 0 spiro atoms. The molecule has 0 unspecified atom stereocenters. The summed E-state index contributed by atoms with van der Waals surface area (Å²) >= 11 is 1.27. The van der Waals surface area contributed by atoms with E-state index in [0.717, 1.165) is 11.1 Å². The summed E-state index contributed by atoms with van der Waals surface area (Å²) in [5, 5.41) is 12.7. The van der Waals surface area contributed by atoms with Crippen LogP contribution in [-0.2, 0) is 17.9 Å². The number of benzene rings is 3. The maximum absolute atomic E-state index is 13.5. The normalized spacial score (nSPS) is 15.2. The van der Waals surface area contributed by atoms with Crippen LogP contribution in [0, 0.1) is 0 Å². The molecule has 0 aliphatic carbocycles. The molecule has 0 fully saturated rings. The van der Waals surface area contributed by atoms with Crippen molar-refractivity contribution in [2.75, 3.05) is 7.11 Å². The van der Waals surface area contributed by atoms with Gasteiger partial charge in [0.15, 0.2) is 17.3 Å². The number of carbonyl (C=O) groups excluding carboxylic acids is 2. The topological polar surface area (TPSA) is 76.1 Å². The second-order valence-corrected chi connectivity index (χ2v) is 9.52. The first-order valence-corrected chi connectivity index (χ1v) is 12.7. The van der Waals surface area contributed by atoms with E-state index in [1.807, 2.05) is 60.7 Å². The van der Waals surface area contributed by atoms with Crippen molar-refractivity contribution < 1.29 is 24.2 Å². The quantitative estimate of drug-likeness (QED) is 0.274. The van der Waals surface area contributed by atoms with E-state index in [4.69, 9.17) is 9.47 Å². The fourth-order valence-electron chi connectivity index (χ4n) is 4.42. The molecule has 6 nitrogen and oxygen atoms in total. The van der Waals surface area contributed by atoms with Crippen molar-refractivity contribution >= 4 is 23.0 Å². The molecule has 1 N–H and O–H groups in total. The van der Waals surface area contributed by atoms with Gasteiger partial charge in [-0.25, -0.2) is 0 Å². The Morgan fingerprint density at radius 1 is 0.919 bits per heavy atom. The molecule has 1 aliphatic rings. The van der Waals surface area contributed by atoms with E-state index in [1.165, 1.54) is 16.2 Å². The first-order chi connectivity index (χ1) is 18.1. The van der Waals surface area contributed by atoms with Gasteiger partial charge < -0.3 is 19.5 Å². The Hall–Kier alpha value is -4.36. The highest BCUT2D eigenvalue weighted by molar-refractivity contribution is 7.12. The van der Waals surface area contributed by atoms with Crippen LogP contribution in [-0.4, -0.2) is 28.8 Å². The maximum atomic E-state index is 13.5. The van der Waals surface area contributed by atoms with Crippen molar-refractivity contribution in [2.24, 2.45) is 0 Å². The van der Waals surface area contributed by atoms with E-state index in [1.54, 1.807) is 42.8 Å². The molecule has 1 aromatic heterocycles. The van der Waals surface area contributed by atoms with Crippen molar-refractivity contribution in [2.45, 2.75) is 19.2 Å². The number of aliphatic hydroxyl groups is 1. The lowest BCUT2D eigenvalue weighted by Gasteiger charge is -2.27. The van der Waals surface area contributed by atoms with Crippen molar-refractivity contribution in [1.82, 2.24) is 4.90 Å². The van der Waals surface area contributed by atoms with Gasteiger partial charge in [-0.15, -0.1) is 11.3 Å². The summed E-state index contributed by atoms with van der Waals surface area (Å²) in [6, 6.07) is 27.3. The standard InChI is InChI=1S/C30H25NO5S/c1-35-24-17-22(14-15-23(24)36-19-21-11-6-3-7-12-21)27-26(28(32)25-13-8-16-37-25)29(33)30(34)31(27)18-20-9-4-2-5-10-20/h2-17,27,33H,18-19H2,1H3/t27-/m1/s1. The Kier molecular flexibility index (Phi) is 7.05. The molecule has 4 aromatic rings. The lowest BCUT2D eigenvalue weighted by atomic mass is 9.94. The van der Waals surface area contributed by atoms with Crippen molar-refractivity contribution in [3.63, 3.8) is 0 Å². The fourth-order valence-corrected chi connectivity index (χ4v) is 5.10. The Balaban J connectivity index is 1.52. The van der Waals surface area contributed by atoms with E-state index in [9.17, 15) is 14.7 Å². The molecule has 186 valence electrons. The van der Waals surface area contributed by atoms with Gasteiger partial charge in [0, 0.05) is 6.54 Å². The molecule has 1 atom stereocenters. The Labute approximate surface area is 219 Å². The largest absolute Gasteiger partial charge is 0.503 e. The van der Waals surface area contributed by atoms with Gasteiger partial charge in [-0.2, -0.15) is 0 Å². The monoisotopic (exact) mass is 511 g/mol. The molecule has 7 heteroatoms. The van der Waals surface area contributed by atoms with Gasteiger partial charge in [0.05, 0.1) is 23.6 Å². The van der Waals surface area contributed by atoms with Gasteiger partial charge in [-0.1, -0.05) is 72.8 Å². The molecule has 2 heterocycles. The first-order valence-electron chi connectivity index (χ1n) is 11.8. The van der Waals surface area contributed by atoms with Crippen LogP contribution >= 0.6 is 11.3 Å². The second kappa shape index (κ2) is 10.7. The number of hydrogen-bond acceptors (Lipinski definition) is 6. The maximum Gasteiger partial charge on any atom is 0.290 e. The minimum Gasteiger partial charge on any atom is -0.503 e. The SMILES string of the molecule is COc1cc([C@@H]2C(C(=O)c3cccs3)=C(O)C(=O)N2Cc2ccccc2)ccc1OCc1ccccc1. The Morgan fingerprint density at radius 2 is 1.62 bits per heavy atom. The molecular weight excluding hydrogens is 486 g/mol. The van der Waals surface area contributed by atoms with Crippen LogP contribution in [0.2, 0.25) is 0 Å². The lowest BCUT2D eigenvalue weighted by Crippen LogP contribution is -2.30. The molecular formula is C30H25NO5S. The van der Waals surface area contributed by atoms with Crippen LogP contribution in [0.15, 0.2) is 108 Å². The average Bonchev–Trinajstić information content (AvgIpc) is 3.56.